The first-order valence-corrected chi connectivity index (χ1v) is 8.91. The van der Waals surface area contributed by atoms with Crippen LogP contribution >= 0.6 is 11.3 Å². The number of amides is 1. The number of benzene rings is 1. The Morgan fingerprint density at radius 3 is 2.73 bits per heavy atom. The lowest BCUT2D eigenvalue weighted by Crippen LogP contribution is -2.15. The molecule has 2 heterocycles. The molecule has 3 aromatic rings. The van der Waals surface area contributed by atoms with Gasteiger partial charge in [-0.1, -0.05) is 18.2 Å². The lowest BCUT2D eigenvalue weighted by molar-refractivity contribution is -0.115. The number of hydrogen-bond acceptors (Lipinski definition) is 6. The average molecular weight is 370 g/mol. The first-order valence-electron chi connectivity index (χ1n) is 8.03. The van der Waals surface area contributed by atoms with E-state index < -0.39 is 5.97 Å². The van der Waals surface area contributed by atoms with Crippen LogP contribution in [0, 0.1) is 13.8 Å². The fourth-order valence-corrected chi connectivity index (χ4v) is 3.11. The Hall–Kier alpha value is -2.93. The van der Waals surface area contributed by atoms with Gasteiger partial charge in [0.25, 0.3) is 0 Å². The van der Waals surface area contributed by atoms with E-state index in [1.54, 1.807) is 18.4 Å². The minimum Gasteiger partial charge on any atom is -0.457 e. The van der Waals surface area contributed by atoms with Crippen LogP contribution < -0.4 is 5.32 Å². The number of hydrogen-bond donors (Lipinski definition) is 1. The number of ether oxygens (including phenoxy) is 1. The highest BCUT2D eigenvalue weighted by atomic mass is 32.1. The van der Waals surface area contributed by atoms with E-state index in [2.05, 4.69) is 10.3 Å². The Balaban J connectivity index is 1.53. The summed E-state index contributed by atoms with van der Waals surface area (Å²) in [6, 6.07) is 9.29. The van der Waals surface area contributed by atoms with Gasteiger partial charge in [0.2, 0.25) is 11.7 Å². The quantitative estimate of drug-likeness (QED) is 0.666. The van der Waals surface area contributed by atoms with E-state index in [-0.39, 0.29) is 24.7 Å². The van der Waals surface area contributed by atoms with Crippen LogP contribution in [0.15, 0.2) is 46.4 Å². The number of furan rings is 1. The van der Waals surface area contributed by atoms with E-state index in [4.69, 9.17) is 9.15 Å². The zero-order chi connectivity index (χ0) is 18.5. The van der Waals surface area contributed by atoms with E-state index in [1.165, 1.54) is 17.6 Å². The SMILES string of the molecule is Cc1ccccc1NC(=O)Cc1nc(COC(=O)c2occc2C)cs1. The summed E-state index contributed by atoms with van der Waals surface area (Å²) in [5.41, 5.74) is 3.12. The summed E-state index contributed by atoms with van der Waals surface area (Å²) in [5.74, 6) is -0.471. The number of esters is 1. The number of anilines is 1. The number of nitrogens with one attached hydrogen (secondary N) is 1. The second-order valence-electron chi connectivity index (χ2n) is 5.78. The summed E-state index contributed by atoms with van der Waals surface area (Å²) in [7, 11) is 0. The van der Waals surface area contributed by atoms with E-state index in [0.717, 1.165) is 16.8 Å². The third kappa shape index (κ3) is 4.37. The van der Waals surface area contributed by atoms with Crippen molar-refractivity contribution in [2.75, 3.05) is 5.32 Å². The molecule has 26 heavy (non-hydrogen) atoms. The molecule has 1 aromatic carbocycles. The molecule has 0 radical (unpaired) electrons. The highest BCUT2D eigenvalue weighted by Gasteiger charge is 2.15. The molecular weight excluding hydrogens is 352 g/mol. The highest BCUT2D eigenvalue weighted by molar-refractivity contribution is 7.09. The molecule has 0 fully saturated rings. The molecule has 0 aliphatic heterocycles. The first kappa shape index (κ1) is 17.9. The molecule has 1 N–H and O–H groups in total. The van der Waals surface area contributed by atoms with Gasteiger partial charge in [0.1, 0.15) is 11.6 Å². The van der Waals surface area contributed by atoms with E-state index in [1.807, 2.05) is 31.2 Å². The topological polar surface area (TPSA) is 81.4 Å². The molecule has 0 aliphatic rings. The van der Waals surface area contributed by atoms with Crippen LogP contribution in [0.25, 0.3) is 0 Å². The van der Waals surface area contributed by atoms with Gasteiger partial charge in [-0.15, -0.1) is 11.3 Å². The van der Waals surface area contributed by atoms with Crippen molar-refractivity contribution in [3.05, 3.63) is 69.6 Å². The molecule has 0 aliphatic carbocycles. The molecule has 6 nitrogen and oxygen atoms in total. The van der Waals surface area contributed by atoms with Gasteiger partial charge in [-0.3, -0.25) is 4.79 Å². The van der Waals surface area contributed by atoms with E-state index in [0.29, 0.717) is 10.7 Å². The van der Waals surface area contributed by atoms with Crippen LogP contribution in [0.3, 0.4) is 0 Å². The van der Waals surface area contributed by atoms with Crippen LogP contribution in [0.2, 0.25) is 0 Å². The standard InChI is InChI=1S/C19H18N2O4S/c1-12-5-3-4-6-15(12)21-16(22)9-17-20-14(11-26-17)10-25-19(23)18-13(2)7-8-24-18/h3-8,11H,9-10H2,1-2H3,(H,21,22). The van der Waals surface area contributed by atoms with Gasteiger partial charge in [-0.05, 0) is 31.5 Å². The van der Waals surface area contributed by atoms with Gasteiger partial charge in [-0.25, -0.2) is 9.78 Å². The monoisotopic (exact) mass is 370 g/mol. The molecule has 0 saturated heterocycles. The summed E-state index contributed by atoms with van der Waals surface area (Å²) in [6.45, 7) is 3.75. The molecular formula is C19H18N2O4S. The van der Waals surface area contributed by atoms with Gasteiger partial charge >= 0.3 is 5.97 Å². The Morgan fingerprint density at radius 1 is 1.19 bits per heavy atom. The van der Waals surface area contributed by atoms with Gasteiger partial charge in [0.05, 0.1) is 18.4 Å². The van der Waals surface area contributed by atoms with Crippen molar-refractivity contribution < 1.29 is 18.7 Å². The number of thiazole rings is 1. The molecule has 0 atom stereocenters. The second kappa shape index (κ2) is 7.97. The molecule has 2 aromatic heterocycles. The van der Waals surface area contributed by atoms with Gasteiger partial charge in [0, 0.05) is 16.6 Å². The predicted molar refractivity (Wildman–Crippen MR) is 98.2 cm³/mol. The third-order valence-corrected chi connectivity index (χ3v) is 4.63. The van der Waals surface area contributed by atoms with Crippen molar-refractivity contribution in [3.8, 4) is 0 Å². The largest absolute Gasteiger partial charge is 0.457 e. The molecule has 0 saturated carbocycles. The highest BCUT2D eigenvalue weighted by Crippen LogP contribution is 2.16. The van der Waals surface area contributed by atoms with Gasteiger partial charge in [-0.2, -0.15) is 0 Å². The van der Waals surface area contributed by atoms with Crippen molar-refractivity contribution in [2.45, 2.75) is 26.9 Å². The van der Waals surface area contributed by atoms with Crippen molar-refractivity contribution >= 4 is 28.9 Å². The van der Waals surface area contributed by atoms with Crippen molar-refractivity contribution in [1.29, 1.82) is 0 Å². The minimum atomic E-state index is -0.528. The molecule has 3 rings (SSSR count). The number of rotatable bonds is 6. The van der Waals surface area contributed by atoms with E-state index in [9.17, 15) is 9.59 Å². The Morgan fingerprint density at radius 2 is 2.00 bits per heavy atom. The smallest absolute Gasteiger partial charge is 0.374 e. The number of nitrogens with zero attached hydrogens (tertiary/aromatic N) is 1. The number of para-hydroxylation sites is 1. The molecule has 0 unspecified atom stereocenters. The summed E-state index contributed by atoms with van der Waals surface area (Å²) < 4.78 is 10.3. The zero-order valence-corrected chi connectivity index (χ0v) is 15.3. The first-order chi connectivity index (χ1) is 12.5. The summed E-state index contributed by atoms with van der Waals surface area (Å²) in [5, 5.41) is 5.31. The Kier molecular flexibility index (Phi) is 5.48. The second-order valence-corrected chi connectivity index (χ2v) is 6.72. The predicted octanol–water partition coefficient (Wildman–Crippen LogP) is 3.89. The van der Waals surface area contributed by atoms with Gasteiger partial charge < -0.3 is 14.5 Å². The maximum Gasteiger partial charge on any atom is 0.374 e. The Bertz CT molecular complexity index is 929. The minimum absolute atomic E-state index is 0.0366. The van der Waals surface area contributed by atoms with Crippen molar-refractivity contribution in [2.24, 2.45) is 0 Å². The van der Waals surface area contributed by atoms with Crippen LogP contribution in [0.5, 0.6) is 0 Å². The number of carbonyl (C=O) groups excluding carboxylic acids is 2. The fourth-order valence-electron chi connectivity index (χ4n) is 2.33. The number of aryl methyl sites for hydroxylation is 2. The van der Waals surface area contributed by atoms with Crippen LogP contribution in [0.1, 0.15) is 32.4 Å². The van der Waals surface area contributed by atoms with Gasteiger partial charge in [0.15, 0.2) is 0 Å². The maximum atomic E-state index is 12.2. The fraction of sp³-hybridized carbons (Fsp3) is 0.211. The lowest BCUT2D eigenvalue weighted by Gasteiger charge is -2.06. The Labute approximate surface area is 154 Å². The summed E-state index contributed by atoms with van der Waals surface area (Å²) in [6.07, 6.45) is 1.62. The van der Waals surface area contributed by atoms with Crippen molar-refractivity contribution in [1.82, 2.24) is 4.98 Å². The normalized spacial score (nSPS) is 10.5. The molecule has 0 spiro atoms. The number of aromatic nitrogens is 1. The summed E-state index contributed by atoms with van der Waals surface area (Å²) in [4.78, 5) is 28.4. The van der Waals surface area contributed by atoms with Crippen LogP contribution in [-0.4, -0.2) is 16.9 Å². The van der Waals surface area contributed by atoms with Crippen molar-refractivity contribution in [3.63, 3.8) is 0 Å². The van der Waals surface area contributed by atoms with E-state index >= 15 is 0 Å². The maximum absolute atomic E-state index is 12.2. The zero-order valence-electron chi connectivity index (χ0n) is 14.4. The summed E-state index contributed by atoms with van der Waals surface area (Å²) >= 11 is 1.36. The average Bonchev–Trinajstić information content (AvgIpc) is 3.23. The molecule has 0 bridgehead atoms. The van der Waals surface area contributed by atoms with Crippen LogP contribution in [-0.2, 0) is 22.6 Å². The molecule has 7 heteroatoms. The lowest BCUT2D eigenvalue weighted by atomic mass is 10.2. The number of carbonyl (C=O) groups is 2. The molecule has 1 amide bonds. The van der Waals surface area contributed by atoms with Crippen LogP contribution in [0.4, 0.5) is 5.69 Å². The third-order valence-electron chi connectivity index (χ3n) is 3.73. The molecule has 134 valence electrons.